The first-order valence-corrected chi connectivity index (χ1v) is 11.1. The molecule has 0 unspecified atom stereocenters. The molecule has 0 aromatic heterocycles. The number of sulfone groups is 1. The molecule has 7 nitrogen and oxygen atoms in total. The number of hydrogen-bond acceptors (Lipinski definition) is 5. The first-order chi connectivity index (χ1) is 11.4. The Kier molecular flexibility index (Phi) is 5.60. The van der Waals surface area contributed by atoms with E-state index in [1.807, 2.05) is 13.8 Å². The molecule has 9 heteroatoms. The topological polar surface area (TPSA) is 91.8 Å². The molecule has 140 valence electrons. The molecule has 25 heavy (non-hydrogen) atoms. The maximum atomic E-state index is 12.4. The van der Waals surface area contributed by atoms with Crippen molar-refractivity contribution in [1.29, 1.82) is 0 Å². The number of carbonyl (C=O) groups is 1. The van der Waals surface area contributed by atoms with Gasteiger partial charge in [-0.25, -0.2) is 21.1 Å². The minimum absolute atomic E-state index is 0.0564. The van der Waals surface area contributed by atoms with E-state index in [0.717, 1.165) is 4.31 Å². The highest BCUT2D eigenvalue weighted by atomic mass is 32.2. The van der Waals surface area contributed by atoms with Crippen LogP contribution < -0.4 is 0 Å². The largest absolute Gasteiger partial charge is 0.336 e. The van der Waals surface area contributed by atoms with Gasteiger partial charge < -0.3 is 4.90 Å². The zero-order valence-corrected chi connectivity index (χ0v) is 16.5. The van der Waals surface area contributed by atoms with Gasteiger partial charge in [0.05, 0.1) is 15.9 Å². The second-order valence-corrected chi connectivity index (χ2v) is 11.3. The Morgan fingerprint density at radius 3 is 2.08 bits per heavy atom. The summed E-state index contributed by atoms with van der Waals surface area (Å²) in [7, 11) is -3.85. The van der Waals surface area contributed by atoms with E-state index in [2.05, 4.69) is 0 Å². The Morgan fingerprint density at radius 1 is 1.12 bits per heavy atom. The molecule has 1 aromatic carbocycles. The molecule has 1 aromatic rings. The first kappa shape index (κ1) is 19.9. The van der Waals surface area contributed by atoms with Crippen LogP contribution in [0.2, 0.25) is 0 Å². The van der Waals surface area contributed by atoms with Crippen molar-refractivity contribution < 1.29 is 21.6 Å². The fraction of sp³-hybridized carbons (Fsp3) is 0.562. The summed E-state index contributed by atoms with van der Waals surface area (Å²) in [5.41, 5.74) is 0.345. The number of amides is 1. The molecular formula is C16H24N2O5S2. The maximum Gasteiger partial charge on any atom is 0.253 e. The highest BCUT2D eigenvalue weighted by Gasteiger charge is 2.39. The summed E-state index contributed by atoms with van der Waals surface area (Å²) in [6, 6.07) is 5.67. The number of benzene rings is 1. The molecule has 1 saturated heterocycles. The van der Waals surface area contributed by atoms with Crippen molar-refractivity contribution >= 4 is 25.8 Å². The predicted octanol–water partition coefficient (Wildman–Crippen LogP) is 0.832. The molecule has 0 bridgehead atoms. The van der Waals surface area contributed by atoms with Gasteiger partial charge in [-0.2, -0.15) is 0 Å². The lowest BCUT2D eigenvalue weighted by molar-refractivity contribution is 0.0658. The molecule has 0 N–H and O–H groups in total. The van der Waals surface area contributed by atoms with Gasteiger partial charge in [-0.15, -0.1) is 0 Å². The molecule has 1 aliphatic heterocycles. The Hall–Kier alpha value is -1.45. The Morgan fingerprint density at radius 2 is 1.64 bits per heavy atom. The third-order valence-corrected chi connectivity index (χ3v) is 8.36. The van der Waals surface area contributed by atoms with Crippen LogP contribution >= 0.6 is 0 Å². The molecule has 1 heterocycles. The van der Waals surface area contributed by atoms with E-state index in [1.54, 1.807) is 0 Å². The fourth-order valence-corrected chi connectivity index (χ4v) is 5.51. The van der Waals surface area contributed by atoms with Crippen LogP contribution in [-0.4, -0.2) is 70.1 Å². The molecule has 0 aliphatic carbocycles. The third-order valence-electron chi connectivity index (χ3n) is 4.09. The van der Waals surface area contributed by atoms with E-state index in [-0.39, 0.29) is 35.6 Å². The molecule has 0 saturated carbocycles. The second kappa shape index (κ2) is 7.05. The lowest BCUT2D eigenvalue weighted by Crippen LogP contribution is -2.57. The molecule has 0 atom stereocenters. The summed E-state index contributed by atoms with van der Waals surface area (Å²) in [4.78, 5) is 14.0. The lowest BCUT2D eigenvalue weighted by Gasteiger charge is -2.39. The molecule has 1 aliphatic rings. The molecule has 0 radical (unpaired) electrons. The summed E-state index contributed by atoms with van der Waals surface area (Å²) >= 11 is 0. The van der Waals surface area contributed by atoms with Crippen molar-refractivity contribution in [3.8, 4) is 0 Å². The number of sulfonamides is 1. The van der Waals surface area contributed by atoms with Crippen LogP contribution in [-0.2, 0) is 19.9 Å². The van der Waals surface area contributed by atoms with Crippen LogP contribution in [0.5, 0.6) is 0 Å². The van der Waals surface area contributed by atoms with Gasteiger partial charge >= 0.3 is 0 Å². The predicted molar refractivity (Wildman–Crippen MR) is 95.6 cm³/mol. The highest BCUT2D eigenvalue weighted by molar-refractivity contribution is 7.92. The van der Waals surface area contributed by atoms with E-state index in [0.29, 0.717) is 5.56 Å². The van der Waals surface area contributed by atoms with Crippen molar-refractivity contribution in [2.45, 2.75) is 24.0 Å². The van der Waals surface area contributed by atoms with Crippen molar-refractivity contribution in [2.75, 3.05) is 32.9 Å². The monoisotopic (exact) mass is 388 g/mol. The minimum atomic E-state index is -3.54. The third kappa shape index (κ3) is 4.21. The Bertz CT molecular complexity index is 837. The van der Waals surface area contributed by atoms with Gasteiger partial charge in [-0.1, -0.05) is 13.8 Å². The molecular weight excluding hydrogens is 364 g/mol. The van der Waals surface area contributed by atoms with Gasteiger partial charge in [-0.05, 0) is 30.2 Å². The SMILES string of the molecule is CC(C)CS(=O)(=O)C1CN(C(=O)c2ccc(S(=O)(=O)N(C)C)cc2)C1. The van der Waals surface area contributed by atoms with Crippen molar-refractivity contribution in [3.63, 3.8) is 0 Å². The summed E-state index contributed by atoms with van der Waals surface area (Å²) < 4.78 is 49.4. The van der Waals surface area contributed by atoms with Crippen LogP contribution in [0.1, 0.15) is 24.2 Å². The average molecular weight is 389 g/mol. The molecule has 0 spiro atoms. The van der Waals surface area contributed by atoms with Gasteiger partial charge in [0, 0.05) is 32.7 Å². The zero-order valence-electron chi connectivity index (χ0n) is 14.8. The number of nitrogens with zero attached hydrogens (tertiary/aromatic N) is 2. The smallest absolute Gasteiger partial charge is 0.253 e. The van der Waals surface area contributed by atoms with Crippen LogP contribution in [0.25, 0.3) is 0 Å². The Balaban J connectivity index is 2.04. The fourth-order valence-electron chi connectivity index (χ4n) is 2.59. The normalized spacial score (nSPS) is 16.3. The van der Waals surface area contributed by atoms with Gasteiger partial charge in [0.2, 0.25) is 10.0 Å². The van der Waals surface area contributed by atoms with Crippen LogP contribution in [0.3, 0.4) is 0 Å². The second-order valence-electron chi connectivity index (χ2n) is 6.87. The van der Waals surface area contributed by atoms with E-state index in [4.69, 9.17) is 0 Å². The molecule has 2 rings (SSSR count). The Labute approximate surface area is 149 Å². The van der Waals surface area contributed by atoms with Gasteiger partial charge in [0.15, 0.2) is 9.84 Å². The van der Waals surface area contributed by atoms with E-state index in [1.165, 1.54) is 43.3 Å². The minimum Gasteiger partial charge on any atom is -0.336 e. The number of carbonyl (C=O) groups excluding carboxylic acids is 1. The highest BCUT2D eigenvalue weighted by Crippen LogP contribution is 2.22. The van der Waals surface area contributed by atoms with Crippen molar-refractivity contribution in [1.82, 2.24) is 9.21 Å². The quantitative estimate of drug-likeness (QED) is 0.720. The first-order valence-electron chi connectivity index (χ1n) is 7.98. The summed E-state index contributed by atoms with van der Waals surface area (Å²) in [5, 5.41) is -0.507. The van der Waals surface area contributed by atoms with Crippen LogP contribution in [0, 0.1) is 5.92 Å². The maximum absolute atomic E-state index is 12.4. The average Bonchev–Trinajstić information content (AvgIpc) is 2.43. The molecule has 1 fully saturated rings. The van der Waals surface area contributed by atoms with Gasteiger partial charge in [0.25, 0.3) is 5.91 Å². The van der Waals surface area contributed by atoms with Crippen LogP contribution in [0.4, 0.5) is 0 Å². The standard InChI is InChI=1S/C16H24N2O5S2/c1-12(2)11-24(20,21)15-9-18(10-15)16(19)13-5-7-14(8-6-13)25(22,23)17(3)4/h5-8,12,15H,9-11H2,1-4H3. The van der Waals surface area contributed by atoms with Crippen LogP contribution in [0.15, 0.2) is 29.2 Å². The van der Waals surface area contributed by atoms with Crippen molar-refractivity contribution in [3.05, 3.63) is 29.8 Å². The lowest BCUT2D eigenvalue weighted by atomic mass is 10.1. The molecule has 1 amide bonds. The summed E-state index contributed by atoms with van der Waals surface area (Å²) in [6.07, 6.45) is 0. The van der Waals surface area contributed by atoms with Gasteiger partial charge in [0.1, 0.15) is 0 Å². The number of likely N-dealkylation sites (tertiary alicyclic amines) is 1. The summed E-state index contributed by atoms with van der Waals surface area (Å²) in [6.45, 7) is 4.07. The van der Waals surface area contributed by atoms with Crippen molar-refractivity contribution in [2.24, 2.45) is 5.92 Å². The van der Waals surface area contributed by atoms with E-state index >= 15 is 0 Å². The summed E-state index contributed by atoms with van der Waals surface area (Å²) in [5.74, 6) is -0.109. The zero-order chi connectivity index (χ0) is 19.0. The van der Waals surface area contributed by atoms with E-state index < -0.39 is 25.1 Å². The van der Waals surface area contributed by atoms with E-state index in [9.17, 15) is 21.6 Å². The van der Waals surface area contributed by atoms with Gasteiger partial charge in [-0.3, -0.25) is 4.79 Å². The number of rotatable bonds is 6. The number of hydrogen-bond donors (Lipinski definition) is 0.